The molecule has 3 N–H and O–H groups in total. The van der Waals surface area contributed by atoms with Crippen LogP contribution in [0.25, 0.3) is 0 Å². The Balaban J connectivity index is 2.59. The Kier molecular flexibility index (Phi) is 4.27. The SMILES string of the molecule is CC1CCCN(C(=O)C(N)=NC=N)CC1. The molecular formula is C10H18N4O. The molecule has 1 heterocycles. The maximum Gasteiger partial charge on any atom is 0.289 e. The van der Waals surface area contributed by atoms with E-state index in [0.717, 1.165) is 38.7 Å². The van der Waals surface area contributed by atoms with Crippen LogP contribution >= 0.6 is 0 Å². The molecule has 1 aliphatic heterocycles. The molecule has 1 fully saturated rings. The molecule has 0 saturated carbocycles. The molecule has 1 rings (SSSR count). The van der Waals surface area contributed by atoms with Crippen LogP contribution in [0.4, 0.5) is 0 Å². The Hall–Kier alpha value is -1.39. The fourth-order valence-electron chi connectivity index (χ4n) is 1.75. The van der Waals surface area contributed by atoms with Gasteiger partial charge in [-0.15, -0.1) is 0 Å². The predicted octanol–water partition coefficient (Wildman–Crippen LogP) is 0.599. The summed E-state index contributed by atoms with van der Waals surface area (Å²) in [5.41, 5.74) is 5.45. The topological polar surface area (TPSA) is 82.5 Å². The van der Waals surface area contributed by atoms with Gasteiger partial charge in [-0.1, -0.05) is 6.92 Å². The van der Waals surface area contributed by atoms with E-state index in [4.69, 9.17) is 11.1 Å². The Morgan fingerprint density at radius 2 is 2.27 bits per heavy atom. The largest absolute Gasteiger partial charge is 0.379 e. The molecule has 0 aromatic carbocycles. The van der Waals surface area contributed by atoms with E-state index in [9.17, 15) is 4.79 Å². The minimum absolute atomic E-state index is 0.0837. The fourth-order valence-corrected chi connectivity index (χ4v) is 1.75. The number of aliphatic imine (C=N–C) groups is 1. The summed E-state index contributed by atoms with van der Waals surface area (Å²) in [5.74, 6) is 0.343. The standard InChI is InChI=1S/C10H18N4O/c1-8-3-2-5-14(6-4-8)10(15)9(12)13-7-11/h7-8H,2-6H2,1H3,(H3,11,12,13). The zero-order valence-electron chi connectivity index (χ0n) is 9.07. The van der Waals surface area contributed by atoms with Crippen molar-refractivity contribution in [3.05, 3.63) is 0 Å². The summed E-state index contributed by atoms with van der Waals surface area (Å²) < 4.78 is 0. The van der Waals surface area contributed by atoms with E-state index in [1.165, 1.54) is 0 Å². The lowest BCUT2D eigenvalue weighted by Gasteiger charge is -2.19. The number of carbonyl (C=O) groups is 1. The molecule has 0 aromatic heterocycles. The minimum Gasteiger partial charge on any atom is -0.379 e. The lowest BCUT2D eigenvalue weighted by Crippen LogP contribution is -2.41. The fraction of sp³-hybridized carbons (Fsp3) is 0.700. The van der Waals surface area contributed by atoms with Crippen LogP contribution in [0.1, 0.15) is 26.2 Å². The van der Waals surface area contributed by atoms with Gasteiger partial charge in [0.25, 0.3) is 5.91 Å². The zero-order valence-corrected chi connectivity index (χ0v) is 9.07. The molecule has 0 radical (unpaired) electrons. The molecule has 1 saturated heterocycles. The first-order valence-corrected chi connectivity index (χ1v) is 5.26. The number of carbonyl (C=O) groups excluding carboxylic acids is 1. The lowest BCUT2D eigenvalue weighted by atomic mass is 10.0. The van der Waals surface area contributed by atoms with Crippen LogP contribution < -0.4 is 5.73 Å². The maximum absolute atomic E-state index is 11.7. The van der Waals surface area contributed by atoms with Crippen LogP contribution in [0.5, 0.6) is 0 Å². The Morgan fingerprint density at radius 1 is 1.53 bits per heavy atom. The molecule has 0 bridgehead atoms. The molecule has 5 nitrogen and oxygen atoms in total. The van der Waals surface area contributed by atoms with Crippen molar-refractivity contribution in [1.29, 1.82) is 5.41 Å². The summed E-state index contributed by atoms with van der Waals surface area (Å²) in [7, 11) is 0. The number of amides is 1. The molecule has 0 aliphatic carbocycles. The van der Waals surface area contributed by atoms with Crippen LogP contribution in [-0.4, -0.2) is 36.1 Å². The molecular weight excluding hydrogens is 192 g/mol. The number of nitrogens with zero attached hydrogens (tertiary/aromatic N) is 2. The highest BCUT2D eigenvalue weighted by atomic mass is 16.2. The number of nitrogens with two attached hydrogens (primary N) is 1. The number of amidine groups is 1. The minimum atomic E-state index is -0.243. The summed E-state index contributed by atoms with van der Waals surface area (Å²) in [6.07, 6.45) is 3.99. The molecule has 1 atom stereocenters. The first-order valence-electron chi connectivity index (χ1n) is 5.26. The van der Waals surface area contributed by atoms with Crippen LogP contribution in [0.15, 0.2) is 4.99 Å². The summed E-state index contributed by atoms with van der Waals surface area (Å²) >= 11 is 0. The van der Waals surface area contributed by atoms with E-state index in [2.05, 4.69) is 11.9 Å². The third-order valence-electron chi connectivity index (χ3n) is 2.73. The molecule has 5 heteroatoms. The third-order valence-corrected chi connectivity index (χ3v) is 2.73. The van der Waals surface area contributed by atoms with Gasteiger partial charge < -0.3 is 10.6 Å². The van der Waals surface area contributed by atoms with Gasteiger partial charge in [0.1, 0.15) is 6.34 Å². The Labute approximate surface area is 89.9 Å². The van der Waals surface area contributed by atoms with Crippen molar-refractivity contribution in [1.82, 2.24) is 4.90 Å². The molecule has 84 valence electrons. The van der Waals surface area contributed by atoms with Crippen molar-refractivity contribution in [2.45, 2.75) is 26.2 Å². The van der Waals surface area contributed by atoms with E-state index in [1.54, 1.807) is 4.90 Å². The monoisotopic (exact) mass is 210 g/mol. The number of hydrogen-bond donors (Lipinski definition) is 2. The maximum atomic E-state index is 11.7. The van der Waals surface area contributed by atoms with Gasteiger partial charge in [-0.05, 0) is 25.2 Å². The smallest absolute Gasteiger partial charge is 0.289 e. The summed E-state index contributed by atoms with van der Waals surface area (Å²) in [4.78, 5) is 16.9. The van der Waals surface area contributed by atoms with Gasteiger partial charge in [-0.2, -0.15) is 0 Å². The molecule has 1 amide bonds. The average Bonchev–Trinajstić information content (AvgIpc) is 2.42. The molecule has 0 spiro atoms. The quantitative estimate of drug-likeness (QED) is 0.490. The second-order valence-electron chi connectivity index (χ2n) is 3.97. The van der Waals surface area contributed by atoms with Crippen LogP contribution in [0.2, 0.25) is 0 Å². The Bertz CT molecular complexity index is 275. The van der Waals surface area contributed by atoms with Gasteiger partial charge in [0.2, 0.25) is 0 Å². The van der Waals surface area contributed by atoms with Gasteiger partial charge in [-0.25, -0.2) is 4.99 Å². The Morgan fingerprint density at radius 3 is 2.93 bits per heavy atom. The van der Waals surface area contributed by atoms with Crippen molar-refractivity contribution in [2.75, 3.05) is 13.1 Å². The molecule has 1 unspecified atom stereocenters. The number of likely N-dealkylation sites (tertiary alicyclic amines) is 1. The number of rotatable bonds is 1. The third kappa shape index (κ3) is 3.34. The predicted molar refractivity (Wildman–Crippen MR) is 60.0 cm³/mol. The summed E-state index contributed by atoms with van der Waals surface area (Å²) in [5, 5.41) is 6.75. The highest BCUT2D eigenvalue weighted by Crippen LogP contribution is 2.16. The van der Waals surface area contributed by atoms with E-state index in [1.807, 2.05) is 0 Å². The molecule has 15 heavy (non-hydrogen) atoms. The first kappa shape index (κ1) is 11.7. The first-order chi connectivity index (χ1) is 7.15. The lowest BCUT2D eigenvalue weighted by molar-refractivity contribution is -0.124. The van der Waals surface area contributed by atoms with Crippen LogP contribution in [-0.2, 0) is 4.79 Å². The van der Waals surface area contributed by atoms with Crippen molar-refractivity contribution >= 4 is 18.1 Å². The van der Waals surface area contributed by atoms with E-state index in [-0.39, 0.29) is 11.7 Å². The van der Waals surface area contributed by atoms with Gasteiger partial charge in [0.05, 0.1) is 0 Å². The van der Waals surface area contributed by atoms with Crippen molar-refractivity contribution in [3.63, 3.8) is 0 Å². The summed E-state index contributed by atoms with van der Waals surface area (Å²) in [6, 6.07) is 0. The van der Waals surface area contributed by atoms with E-state index < -0.39 is 0 Å². The second-order valence-corrected chi connectivity index (χ2v) is 3.97. The van der Waals surface area contributed by atoms with Gasteiger partial charge in [0, 0.05) is 13.1 Å². The van der Waals surface area contributed by atoms with E-state index in [0.29, 0.717) is 5.92 Å². The number of nitrogens with one attached hydrogen (secondary N) is 1. The second kappa shape index (κ2) is 5.48. The van der Waals surface area contributed by atoms with Gasteiger partial charge >= 0.3 is 0 Å². The average molecular weight is 210 g/mol. The highest BCUT2D eigenvalue weighted by Gasteiger charge is 2.20. The van der Waals surface area contributed by atoms with E-state index >= 15 is 0 Å². The van der Waals surface area contributed by atoms with Crippen molar-refractivity contribution in [3.8, 4) is 0 Å². The van der Waals surface area contributed by atoms with Crippen molar-refractivity contribution in [2.24, 2.45) is 16.6 Å². The summed E-state index contributed by atoms with van der Waals surface area (Å²) in [6.45, 7) is 3.69. The number of hydrogen-bond acceptors (Lipinski definition) is 2. The highest BCUT2D eigenvalue weighted by molar-refractivity contribution is 6.38. The zero-order chi connectivity index (χ0) is 11.3. The molecule has 0 aromatic rings. The van der Waals surface area contributed by atoms with Crippen LogP contribution in [0.3, 0.4) is 0 Å². The normalized spacial score (nSPS) is 23.4. The van der Waals surface area contributed by atoms with Crippen LogP contribution in [0, 0.1) is 11.3 Å². The molecule has 1 aliphatic rings. The van der Waals surface area contributed by atoms with Gasteiger partial charge in [0.15, 0.2) is 5.84 Å². The van der Waals surface area contributed by atoms with Gasteiger partial charge in [-0.3, -0.25) is 10.2 Å². The van der Waals surface area contributed by atoms with Crippen molar-refractivity contribution < 1.29 is 4.79 Å².